The Labute approximate surface area is 205 Å². The van der Waals surface area contributed by atoms with Gasteiger partial charge in [0.1, 0.15) is 18.2 Å². The van der Waals surface area contributed by atoms with Gasteiger partial charge in [-0.25, -0.2) is 9.18 Å². The Morgan fingerprint density at radius 3 is 2.73 bits per heavy atom. The Morgan fingerprint density at radius 2 is 1.94 bits per heavy atom. The molecule has 1 aromatic heterocycles. The molecule has 0 atom stereocenters. The Kier molecular flexibility index (Phi) is 7.46. The molecule has 0 radical (unpaired) electrons. The number of aromatic nitrogens is 1. The highest BCUT2D eigenvalue weighted by Crippen LogP contribution is 2.43. The van der Waals surface area contributed by atoms with Gasteiger partial charge in [-0.15, -0.1) is 0 Å². The maximum Gasteiger partial charge on any atom is 0.339 e. The molecule has 7 heteroatoms. The molecule has 1 aliphatic rings. The van der Waals surface area contributed by atoms with Crippen LogP contribution in [0.2, 0.25) is 5.02 Å². The van der Waals surface area contributed by atoms with Crippen LogP contribution in [0.3, 0.4) is 0 Å². The van der Waals surface area contributed by atoms with Crippen LogP contribution in [0.4, 0.5) is 4.39 Å². The van der Waals surface area contributed by atoms with Gasteiger partial charge in [-0.3, -0.25) is 4.98 Å². The largest absolute Gasteiger partial charge is 0.488 e. The molecule has 3 aromatic rings. The fourth-order valence-corrected chi connectivity index (χ4v) is 4.47. The second-order valence-corrected chi connectivity index (χ2v) is 9.01. The number of carbonyl (C=O) groups is 1. The molecule has 1 heterocycles. The van der Waals surface area contributed by atoms with E-state index in [2.05, 4.69) is 20.9 Å². The zero-order valence-corrected chi connectivity index (χ0v) is 20.4. The van der Waals surface area contributed by atoms with Gasteiger partial charge in [0.2, 0.25) is 0 Å². The molecule has 33 heavy (non-hydrogen) atoms. The third kappa shape index (κ3) is 5.45. The van der Waals surface area contributed by atoms with Crippen molar-refractivity contribution in [3.63, 3.8) is 0 Å². The number of rotatable bonds is 7. The standard InChI is InChI=1S/C26H22BrClFNO3/c1-2-32-26(31)18-10-17(13-30-14-18)21-4-3-5-22(21)23-11-19(27)7-9-25(23)33-15-16-6-8-20(28)12-24(16)29/h6-14H,2-5,15H2,1H3. The summed E-state index contributed by atoms with van der Waals surface area (Å²) in [6.45, 7) is 2.17. The topological polar surface area (TPSA) is 48.4 Å². The third-order valence-electron chi connectivity index (χ3n) is 5.48. The predicted molar refractivity (Wildman–Crippen MR) is 131 cm³/mol. The smallest absolute Gasteiger partial charge is 0.339 e. The molecule has 2 aromatic carbocycles. The van der Waals surface area contributed by atoms with E-state index in [0.29, 0.717) is 28.5 Å². The summed E-state index contributed by atoms with van der Waals surface area (Å²) in [5, 5.41) is 0.347. The molecule has 0 saturated carbocycles. The van der Waals surface area contributed by atoms with Crippen LogP contribution in [0.15, 0.2) is 59.3 Å². The van der Waals surface area contributed by atoms with Crippen LogP contribution in [0.5, 0.6) is 5.75 Å². The minimum Gasteiger partial charge on any atom is -0.488 e. The van der Waals surface area contributed by atoms with Crippen molar-refractivity contribution in [2.75, 3.05) is 6.61 Å². The van der Waals surface area contributed by atoms with Gasteiger partial charge in [-0.05, 0) is 79.3 Å². The van der Waals surface area contributed by atoms with Crippen LogP contribution in [0.1, 0.15) is 53.2 Å². The Morgan fingerprint density at radius 1 is 1.12 bits per heavy atom. The first-order chi connectivity index (χ1) is 16.0. The van der Waals surface area contributed by atoms with E-state index in [1.54, 1.807) is 25.3 Å². The number of pyridine rings is 1. The normalized spacial score (nSPS) is 13.3. The number of allylic oxidation sites excluding steroid dienone is 2. The van der Waals surface area contributed by atoms with Crippen molar-refractivity contribution in [3.05, 3.63) is 92.4 Å². The maximum absolute atomic E-state index is 14.2. The van der Waals surface area contributed by atoms with Gasteiger partial charge in [0.25, 0.3) is 0 Å². The number of benzene rings is 2. The van der Waals surface area contributed by atoms with E-state index in [4.69, 9.17) is 21.1 Å². The summed E-state index contributed by atoms with van der Waals surface area (Å²) in [6.07, 6.45) is 5.99. The van der Waals surface area contributed by atoms with Gasteiger partial charge in [-0.2, -0.15) is 0 Å². The van der Waals surface area contributed by atoms with Crippen LogP contribution in [-0.4, -0.2) is 17.6 Å². The molecule has 0 aliphatic heterocycles. The molecular formula is C26H22BrClFNO3. The van der Waals surface area contributed by atoms with Crippen molar-refractivity contribution in [3.8, 4) is 5.75 Å². The summed E-state index contributed by atoms with van der Waals surface area (Å²) in [4.78, 5) is 16.5. The summed E-state index contributed by atoms with van der Waals surface area (Å²) in [5.41, 5.74) is 4.94. The van der Waals surface area contributed by atoms with Crippen LogP contribution in [0, 0.1) is 5.82 Å². The number of nitrogens with zero attached hydrogens (tertiary/aromatic N) is 1. The van der Waals surface area contributed by atoms with Crippen molar-refractivity contribution < 1.29 is 18.7 Å². The zero-order valence-electron chi connectivity index (χ0n) is 18.0. The van der Waals surface area contributed by atoms with Gasteiger partial charge < -0.3 is 9.47 Å². The fraction of sp³-hybridized carbons (Fsp3) is 0.231. The van der Waals surface area contributed by atoms with Crippen molar-refractivity contribution in [2.45, 2.75) is 32.8 Å². The van der Waals surface area contributed by atoms with Crippen LogP contribution < -0.4 is 4.74 Å². The van der Waals surface area contributed by atoms with Gasteiger partial charge in [-0.1, -0.05) is 33.6 Å². The minimum absolute atomic E-state index is 0.0835. The number of carbonyl (C=O) groups excluding carboxylic acids is 1. The van der Waals surface area contributed by atoms with E-state index in [9.17, 15) is 9.18 Å². The molecule has 0 unspecified atom stereocenters. The molecule has 0 N–H and O–H groups in total. The Hall–Kier alpha value is -2.70. The lowest BCUT2D eigenvalue weighted by molar-refractivity contribution is 0.0526. The molecule has 0 bridgehead atoms. The molecule has 170 valence electrons. The summed E-state index contributed by atoms with van der Waals surface area (Å²) in [7, 11) is 0. The minimum atomic E-state index is -0.399. The lowest BCUT2D eigenvalue weighted by Crippen LogP contribution is -2.05. The Balaban J connectivity index is 1.69. The third-order valence-corrected chi connectivity index (χ3v) is 6.21. The lowest BCUT2D eigenvalue weighted by Gasteiger charge is -2.16. The van der Waals surface area contributed by atoms with E-state index in [1.807, 2.05) is 24.3 Å². The van der Waals surface area contributed by atoms with Gasteiger partial charge in [0, 0.05) is 33.0 Å². The first-order valence-corrected chi connectivity index (χ1v) is 11.8. The Bertz CT molecular complexity index is 1230. The van der Waals surface area contributed by atoms with Gasteiger partial charge >= 0.3 is 5.97 Å². The molecule has 4 nitrogen and oxygen atoms in total. The maximum atomic E-state index is 14.2. The number of hydrogen-bond donors (Lipinski definition) is 0. The predicted octanol–water partition coefficient (Wildman–Crippen LogP) is 7.49. The number of esters is 1. The molecule has 4 rings (SSSR count). The molecule has 1 aliphatic carbocycles. The summed E-state index contributed by atoms with van der Waals surface area (Å²) < 4.78 is 26.3. The van der Waals surface area contributed by atoms with E-state index < -0.39 is 5.82 Å². The van der Waals surface area contributed by atoms with E-state index in [0.717, 1.165) is 46.0 Å². The van der Waals surface area contributed by atoms with Crippen molar-refractivity contribution in [2.24, 2.45) is 0 Å². The second-order valence-electron chi connectivity index (χ2n) is 7.66. The highest BCUT2D eigenvalue weighted by molar-refractivity contribution is 9.10. The van der Waals surface area contributed by atoms with Gasteiger partial charge in [0.05, 0.1) is 12.2 Å². The van der Waals surface area contributed by atoms with Crippen molar-refractivity contribution in [1.82, 2.24) is 4.98 Å². The van der Waals surface area contributed by atoms with Crippen molar-refractivity contribution >= 4 is 44.6 Å². The van der Waals surface area contributed by atoms with E-state index in [-0.39, 0.29) is 12.6 Å². The zero-order chi connectivity index (χ0) is 23.4. The molecule has 0 spiro atoms. The first-order valence-electron chi connectivity index (χ1n) is 10.7. The lowest BCUT2D eigenvalue weighted by atomic mass is 9.96. The van der Waals surface area contributed by atoms with E-state index >= 15 is 0 Å². The van der Waals surface area contributed by atoms with Crippen LogP contribution in [-0.2, 0) is 11.3 Å². The fourth-order valence-electron chi connectivity index (χ4n) is 3.95. The SMILES string of the molecule is CCOC(=O)c1cncc(C2=C(c3cc(Br)ccc3OCc3ccc(Cl)cc3F)CCC2)c1. The monoisotopic (exact) mass is 529 g/mol. The summed E-state index contributed by atoms with van der Waals surface area (Å²) >= 11 is 9.42. The highest BCUT2D eigenvalue weighted by Gasteiger charge is 2.22. The highest BCUT2D eigenvalue weighted by atomic mass is 79.9. The number of hydrogen-bond acceptors (Lipinski definition) is 4. The first kappa shape index (κ1) is 23.5. The van der Waals surface area contributed by atoms with Crippen LogP contribution in [0.25, 0.3) is 11.1 Å². The number of ether oxygens (including phenoxy) is 2. The average Bonchev–Trinajstić information content (AvgIpc) is 3.29. The number of halogens is 3. The molecule has 0 amide bonds. The average molecular weight is 531 g/mol. The molecule has 0 saturated heterocycles. The van der Waals surface area contributed by atoms with Crippen molar-refractivity contribution in [1.29, 1.82) is 0 Å². The summed E-state index contributed by atoms with van der Waals surface area (Å²) in [6, 6.07) is 12.2. The van der Waals surface area contributed by atoms with Crippen LogP contribution >= 0.6 is 27.5 Å². The molecule has 0 fully saturated rings. The molecular weight excluding hydrogens is 509 g/mol. The van der Waals surface area contributed by atoms with E-state index in [1.165, 1.54) is 12.3 Å². The summed E-state index contributed by atoms with van der Waals surface area (Å²) in [5.74, 6) is -0.122. The second kappa shape index (κ2) is 10.5. The quantitative estimate of drug-likeness (QED) is 0.297. The van der Waals surface area contributed by atoms with Gasteiger partial charge in [0.15, 0.2) is 0 Å².